The molecule has 0 bridgehead atoms. The fraction of sp³-hybridized carbons (Fsp3) is 0.0357. The summed E-state index contributed by atoms with van der Waals surface area (Å²) in [6.45, 7) is 10.3. The van der Waals surface area contributed by atoms with Gasteiger partial charge in [-0.25, -0.2) is 14.4 Å². The largest absolute Gasteiger partial charge is 0.423 e. The fourth-order valence-electron chi connectivity index (χ4n) is 3.09. The second-order valence-electron chi connectivity index (χ2n) is 7.62. The van der Waals surface area contributed by atoms with E-state index in [0.717, 1.165) is 28.8 Å². The minimum Gasteiger partial charge on any atom is -0.423 e. The van der Waals surface area contributed by atoms with Crippen LogP contribution in [0, 0.1) is 0 Å². The van der Waals surface area contributed by atoms with E-state index in [4.69, 9.17) is 14.4 Å². The summed E-state index contributed by atoms with van der Waals surface area (Å²) in [6.07, 6.45) is 4.16. The van der Waals surface area contributed by atoms with Crippen LogP contribution in [-0.2, 0) is 25.7 Å². The molecule has 0 aliphatic carbocycles. The van der Waals surface area contributed by atoms with E-state index in [2.05, 4.69) is 51.8 Å². The summed E-state index contributed by atoms with van der Waals surface area (Å²) >= 11 is 0. The maximum Gasteiger partial charge on any atom is 0.350 e. The maximum absolute atomic E-state index is 12.8. The summed E-state index contributed by atoms with van der Waals surface area (Å²) in [5, 5.41) is 0. The predicted molar refractivity (Wildman–Crippen MR) is 144 cm³/mol. The summed E-state index contributed by atoms with van der Waals surface area (Å²) in [5.41, 5.74) is 11.5. The molecular formula is C28H26N4O8. The Bertz CT molecular complexity index is 1360. The standard InChI is InChI=1S/C28H26N4O8/c1-4-7-22-18-21(19-8-13-23(14-9-19)37-29-31-39-26(33)5-2)12-17-25(22)36-28(35)20-10-15-24(16-11-20)38-30-32-40-27(34)6-3/h4-6,8-18,29-32H,1-3,7H2. The number of carbonyl (C=O) groups excluding carboxylic acids is 3. The Morgan fingerprint density at radius 2 is 1.20 bits per heavy atom. The van der Waals surface area contributed by atoms with E-state index < -0.39 is 17.9 Å². The summed E-state index contributed by atoms with van der Waals surface area (Å²) in [7, 11) is 0. The van der Waals surface area contributed by atoms with Gasteiger partial charge in [-0.15, -0.1) is 6.58 Å². The number of rotatable bonds is 15. The van der Waals surface area contributed by atoms with E-state index in [0.29, 0.717) is 29.2 Å². The van der Waals surface area contributed by atoms with Crippen LogP contribution in [0.4, 0.5) is 0 Å². The molecule has 12 nitrogen and oxygen atoms in total. The van der Waals surface area contributed by atoms with Crippen molar-refractivity contribution in [1.82, 2.24) is 22.4 Å². The van der Waals surface area contributed by atoms with Gasteiger partial charge in [0.2, 0.25) is 0 Å². The van der Waals surface area contributed by atoms with Gasteiger partial charge < -0.3 is 24.1 Å². The number of allylic oxidation sites excluding steroid dienone is 1. The molecule has 206 valence electrons. The lowest BCUT2D eigenvalue weighted by Crippen LogP contribution is -2.36. The Balaban J connectivity index is 1.60. The molecule has 3 aromatic carbocycles. The van der Waals surface area contributed by atoms with E-state index in [-0.39, 0.29) is 0 Å². The topological polar surface area (TPSA) is 145 Å². The number of hydrogen-bond acceptors (Lipinski definition) is 12. The van der Waals surface area contributed by atoms with Crippen LogP contribution in [0.3, 0.4) is 0 Å². The second-order valence-corrected chi connectivity index (χ2v) is 7.62. The van der Waals surface area contributed by atoms with E-state index >= 15 is 0 Å². The number of carbonyl (C=O) groups is 3. The Morgan fingerprint density at radius 1 is 0.675 bits per heavy atom. The molecule has 0 aliphatic heterocycles. The zero-order valence-corrected chi connectivity index (χ0v) is 21.2. The molecule has 12 heteroatoms. The number of hydrazine groups is 2. The molecule has 0 saturated heterocycles. The van der Waals surface area contributed by atoms with E-state index in [1.54, 1.807) is 24.3 Å². The smallest absolute Gasteiger partial charge is 0.350 e. The van der Waals surface area contributed by atoms with Gasteiger partial charge in [0.15, 0.2) is 0 Å². The highest BCUT2D eigenvalue weighted by atomic mass is 16.8. The third-order valence-electron chi connectivity index (χ3n) is 4.96. The van der Waals surface area contributed by atoms with Gasteiger partial charge in [-0.05, 0) is 71.6 Å². The van der Waals surface area contributed by atoms with Crippen LogP contribution in [0.15, 0.2) is 105 Å². The number of hydrogen-bond donors (Lipinski definition) is 4. The zero-order chi connectivity index (χ0) is 28.7. The van der Waals surface area contributed by atoms with E-state index in [1.165, 1.54) is 24.3 Å². The molecule has 0 saturated carbocycles. The normalized spacial score (nSPS) is 10.1. The molecule has 3 rings (SSSR count). The molecule has 0 heterocycles. The van der Waals surface area contributed by atoms with Crippen molar-refractivity contribution < 1.29 is 38.5 Å². The third-order valence-corrected chi connectivity index (χ3v) is 4.96. The Morgan fingerprint density at radius 3 is 1.73 bits per heavy atom. The van der Waals surface area contributed by atoms with Gasteiger partial charge in [0.1, 0.15) is 17.2 Å². The minimum absolute atomic E-state index is 0.296. The highest BCUT2D eigenvalue weighted by Crippen LogP contribution is 2.29. The lowest BCUT2D eigenvalue weighted by atomic mass is 10.0. The van der Waals surface area contributed by atoms with Crippen LogP contribution in [0.2, 0.25) is 0 Å². The van der Waals surface area contributed by atoms with E-state index in [1.807, 2.05) is 24.3 Å². The fourth-order valence-corrected chi connectivity index (χ4v) is 3.09. The summed E-state index contributed by atoms with van der Waals surface area (Å²) in [6, 6.07) is 18.7. The van der Waals surface area contributed by atoms with Gasteiger partial charge in [-0.2, -0.15) is 0 Å². The SMILES string of the molecule is C=CCc1cc(-c2ccc(ONNOC(=O)C=C)cc2)ccc1OC(=O)c1ccc(ONNOC(=O)C=C)cc1. The Labute approximate surface area is 229 Å². The predicted octanol–water partition coefficient (Wildman–Crippen LogP) is 3.37. The third kappa shape index (κ3) is 8.93. The van der Waals surface area contributed by atoms with Gasteiger partial charge in [0.25, 0.3) is 0 Å². The molecule has 3 aromatic rings. The van der Waals surface area contributed by atoms with Crippen molar-refractivity contribution in [1.29, 1.82) is 0 Å². The summed E-state index contributed by atoms with van der Waals surface area (Å²) in [5.74, 6) is -0.725. The van der Waals surface area contributed by atoms with Crippen LogP contribution in [0.25, 0.3) is 11.1 Å². The average Bonchev–Trinajstić information content (AvgIpc) is 2.98. The summed E-state index contributed by atoms with van der Waals surface area (Å²) < 4.78 is 5.65. The van der Waals surface area contributed by atoms with Crippen LogP contribution >= 0.6 is 0 Å². The van der Waals surface area contributed by atoms with Crippen LogP contribution in [0.5, 0.6) is 17.2 Å². The van der Waals surface area contributed by atoms with E-state index in [9.17, 15) is 14.4 Å². The monoisotopic (exact) mass is 546 g/mol. The first kappa shape index (κ1) is 29.3. The molecule has 40 heavy (non-hydrogen) atoms. The van der Waals surface area contributed by atoms with Crippen molar-refractivity contribution in [2.75, 3.05) is 0 Å². The molecule has 0 amide bonds. The zero-order valence-electron chi connectivity index (χ0n) is 21.2. The quantitative estimate of drug-likeness (QED) is 0.0554. The number of esters is 1. The minimum atomic E-state index is -0.696. The van der Waals surface area contributed by atoms with Gasteiger partial charge >= 0.3 is 17.9 Å². The first-order valence-electron chi connectivity index (χ1n) is 11.6. The molecule has 0 spiro atoms. The highest BCUT2D eigenvalue weighted by molar-refractivity contribution is 5.91. The van der Waals surface area contributed by atoms with Crippen LogP contribution < -0.4 is 36.8 Å². The number of benzene rings is 3. The van der Waals surface area contributed by atoms with Crippen molar-refractivity contribution in [3.05, 3.63) is 116 Å². The van der Waals surface area contributed by atoms with Crippen LogP contribution in [-0.4, -0.2) is 17.9 Å². The molecule has 4 N–H and O–H groups in total. The van der Waals surface area contributed by atoms with Gasteiger partial charge in [-0.1, -0.05) is 59.8 Å². The van der Waals surface area contributed by atoms with Crippen molar-refractivity contribution in [3.8, 4) is 28.4 Å². The van der Waals surface area contributed by atoms with Crippen molar-refractivity contribution in [2.24, 2.45) is 0 Å². The van der Waals surface area contributed by atoms with Crippen molar-refractivity contribution in [2.45, 2.75) is 6.42 Å². The van der Waals surface area contributed by atoms with Gasteiger partial charge in [0, 0.05) is 12.2 Å². The maximum atomic E-state index is 12.8. The first-order chi connectivity index (χ1) is 19.4. The number of nitrogens with one attached hydrogen (secondary N) is 4. The molecule has 0 atom stereocenters. The van der Waals surface area contributed by atoms with Crippen molar-refractivity contribution in [3.63, 3.8) is 0 Å². The number of ether oxygens (including phenoxy) is 1. The molecular weight excluding hydrogens is 520 g/mol. The van der Waals surface area contributed by atoms with Crippen molar-refractivity contribution >= 4 is 17.9 Å². The van der Waals surface area contributed by atoms with Gasteiger partial charge in [0.05, 0.1) is 5.56 Å². The van der Waals surface area contributed by atoms with Crippen LogP contribution in [0.1, 0.15) is 15.9 Å². The summed E-state index contributed by atoms with van der Waals surface area (Å²) in [4.78, 5) is 54.1. The Hall–Kier alpha value is -5.27. The molecule has 0 radical (unpaired) electrons. The lowest BCUT2D eigenvalue weighted by molar-refractivity contribution is -0.154. The molecule has 0 aromatic heterocycles. The molecule has 0 fully saturated rings. The lowest BCUT2D eigenvalue weighted by Gasteiger charge is -2.12. The second kappa shape index (κ2) is 15.2. The molecule has 0 unspecified atom stereocenters. The average molecular weight is 547 g/mol. The highest BCUT2D eigenvalue weighted by Gasteiger charge is 2.13. The Kier molecular flexibility index (Phi) is 11.1. The van der Waals surface area contributed by atoms with Gasteiger partial charge in [-0.3, -0.25) is 0 Å². The first-order valence-corrected chi connectivity index (χ1v) is 11.6. The molecule has 0 aliphatic rings.